The molecule has 0 unspecified atom stereocenters. The number of nitrogens with zero attached hydrogens (tertiary/aromatic N) is 1. The highest BCUT2D eigenvalue weighted by Crippen LogP contribution is 2.32. The number of halogens is 3. The maximum atomic E-state index is 12.7. The lowest BCUT2D eigenvalue weighted by molar-refractivity contribution is -0.140. The molecule has 0 aliphatic rings. The molecule has 3 aromatic rings. The van der Waals surface area contributed by atoms with Crippen molar-refractivity contribution in [1.82, 2.24) is 4.98 Å². The zero-order valence-electron chi connectivity index (χ0n) is 15.1. The molecule has 0 fully saturated rings. The molecular formula is C20H15F3N2O3S. The van der Waals surface area contributed by atoms with E-state index in [2.05, 4.69) is 10.3 Å². The van der Waals surface area contributed by atoms with Crippen LogP contribution in [0.25, 0.3) is 11.3 Å². The largest absolute Gasteiger partial charge is 0.469 e. The van der Waals surface area contributed by atoms with Gasteiger partial charge in [-0.25, -0.2) is 4.98 Å². The summed E-state index contributed by atoms with van der Waals surface area (Å²) in [7, 11) is 1.28. The Morgan fingerprint density at radius 3 is 2.31 bits per heavy atom. The molecule has 1 heterocycles. The first-order valence-corrected chi connectivity index (χ1v) is 9.20. The summed E-state index contributed by atoms with van der Waals surface area (Å²) in [5, 5.41) is 2.80. The van der Waals surface area contributed by atoms with Crippen molar-refractivity contribution in [1.29, 1.82) is 0 Å². The SMILES string of the molecule is COC(=O)Cc1sc(NC(=O)c2ccc(C(F)(F)F)cc2)nc1-c1ccccc1. The summed E-state index contributed by atoms with van der Waals surface area (Å²) < 4.78 is 42.7. The summed E-state index contributed by atoms with van der Waals surface area (Å²) in [4.78, 5) is 29.1. The van der Waals surface area contributed by atoms with E-state index in [9.17, 15) is 22.8 Å². The third-order valence-corrected chi connectivity index (χ3v) is 4.94. The number of carbonyl (C=O) groups is 2. The van der Waals surface area contributed by atoms with Crippen LogP contribution in [0.4, 0.5) is 18.3 Å². The first-order chi connectivity index (χ1) is 13.8. The van der Waals surface area contributed by atoms with Gasteiger partial charge in [-0.05, 0) is 24.3 Å². The molecule has 0 aliphatic carbocycles. The normalized spacial score (nSPS) is 11.2. The van der Waals surface area contributed by atoms with Gasteiger partial charge in [0.1, 0.15) is 0 Å². The molecule has 2 aromatic carbocycles. The molecule has 0 bridgehead atoms. The predicted octanol–water partition coefficient (Wildman–Crippen LogP) is 4.80. The molecule has 29 heavy (non-hydrogen) atoms. The van der Waals surface area contributed by atoms with E-state index in [4.69, 9.17) is 4.74 Å². The van der Waals surface area contributed by atoms with Crippen molar-refractivity contribution in [3.8, 4) is 11.3 Å². The average molecular weight is 420 g/mol. The molecular weight excluding hydrogens is 405 g/mol. The molecule has 1 aromatic heterocycles. The second-order valence-electron chi connectivity index (χ2n) is 5.94. The Hall–Kier alpha value is -3.20. The average Bonchev–Trinajstić information content (AvgIpc) is 3.10. The Labute approximate surface area is 168 Å². The van der Waals surface area contributed by atoms with Crippen LogP contribution < -0.4 is 5.32 Å². The number of amides is 1. The first kappa shape index (κ1) is 20.5. The molecule has 0 atom stereocenters. The Morgan fingerprint density at radius 1 is 1.07 bits per heavy atom. The van der Waals surface area contributed by atoms with Crippen LogP contribution in [0.3, 0.4) is 0 Å². The molecule has 5 nitrogen and oxygen atoms in total. The van der Waals surface area contributed by atoms with E-state index in [1.165, 1.54) is 7.11 Å². The van der Waals surface area contributed by atoms with E-state index in [1.807, 2.05) is 30.3 Å². The van der Waals surface area contributed by atoms with Gasteiger partial charge in [0.15, 0.2) is 5.13 Å². The summed E-state index contributed by atoms with van der Waals surface area (Å²) in [6.45, 7) is 0. The number of aromatic nitrogens is 1. The number of esters is 1. The molecule has 0 aliphatic heterocycles. The molecule has 3 rings (SSSR count). The number of alkyl halides is 3. The Bertz CT molecular complexity index is 1020. The highest BCUT2D eigenvalue weighted by molar-refractivity contribution is 7.16. The summed E-state index contributed by atoms with van der Waals surface area (Å²) in [6.07, 6.45) is -4.49. The number of thiazole rings is 1. The van der Waals surface area contributed by atoms with Crippen molar-refractivity contribution in [2.24, 2.45) is 0 Å². The fourth-order valence-corrected chi connectivity index (χ4v) is 3.49. The zero-order chi connectivity index (χ0) is 21.0. The second kappa shape index (κ2) is 8.44. The zero-order valence-corrected chi connectivity index (χ0v) is 15.9. The molecule has 150 valence electrons. The summed E-state index contributed by atoms with van der Waals surface area (Å²) in [6, 6.07) is 13.0. The highest BCUT2D eigenvalue weighted by Gasteiger charge is 2.30. The lowest BCUT2D eigenvalue weighted by atomic mass is 10.1. The number of anilines is 1. The monoisotopic (exact) mass is 420 g/mol. The number of benzene rings is 2. The van der Waals surface area contributed by atoms with Crippen LogP contribution in [0.1, 0.15) is 20.8 Å². The topological polar surface area (TPSA) is 68.3 Å². The van der Waals surface area contributed by atoms with Crippen LogP contribution in [0.2, 0.25) is 0 Å². The standard InChI is InChI=1S/C20H15F3N2O3S/c1-28-16(26)11-15-17(12-5-3-2-4-6-12)24-19(29-15)25-18(27)13-7-9-14(10-8-13)20(21,22)23/h2-10H,11H2,1H3,(H,24,25,27). The van der Waals surface area contributed by atoms with Gasteiger partial charge < -0.3 is 4.74 Å². The van der Waals surface area contributed by atoms with E-state index >= 15 is 0 Å². The molecule has 0 saturated carbocycles. The fourth-order valence-electron chi connectivity index (χ4n) is 2.53. The van der Waals surface area contributed by atoms with Crippen molar-refractivity contribution < 1.29 is 27.5 Å². The third kappa shape index (κ3) is 5.00. The van der Waals surface area contributed by atoms with E-state index < -0.39 is 23.6 Å². The molecule has 0 radical (unpaired) electrons. The van der Waals surface area contributed by atoms with Crippen molar-refractivity contribution >= 4 is 28.3 Å². The minimum atomic E-state index is -4.47. The number of carbonyl (C=O) groups excluding carboxylic acids is 2. The van der Waals surface area contributed by atoms with Gasteiger partial charge in [0, 0.05) is 16.0 Å². The van der Waals surface area contributed by atoms with Crippen LogP contribution in [0, 0.1) is 0 Å². The molecule has 1 N–H and O–H groups in total. The van der Waals surface area contributed by atoms with E-state index in [0.29, 0.717) is 10.6 Å². The van der Waals surface area contributed by atoms with Crippen LogP contribution in [-0.4, -0.2) is 24.0 Å². The number of methoxy groups -OCH3 is 1. The van der Waals surface area contributed by atoms with Gasteiger partial charge in [0.05, 0.1) is 24.8 Å². The van der Waals surface area contributed by atoms with Gasteiger partial charge >= 0.3 is 12.1 Å². The number of rotatable bonds is 5. The highest BCUT2D eigenvalue weighted by atomic mass is 32.1. The molecule has 1 amide bonds. The fraction of sp³-hybridized carbons (Fsp3) is 0.150. The minimum absolute atomic E-state index is 0.0193. The smallest absolute Gasteiger partial charge is 0.416 e. The second-order valence-corrected chi connectivity index (χ2v) is 7.02. The summed E-state index contributed by atoms with van der Waals surface area (Å²) >= 11 is 1.10. The van der Waals surface area contributed by atoms with Crippen LogP contribution in [0.5, 0.6) is 0 Å². The predicted molar refractivity (Wildman–Crippen MR) is 103 cm³/mol. The Kier molecular flexibility index (Phi) is 5.97. The molecule has 0 saturated heterocycles. The molecule has 9 heteroatoms. The van der Waals surface area contributed by atoms with Crippen molar-refractivity contribution in [3.63, 3.8) is 0 Å². The van der Waals surface area contributed by atoms with Crippen LogP contribution >= 0.6 is 11.3 Å². The number of nitrogens with one attached hydrogen (secondary N) is 1. The Morgan fingerprint density at radius 2 is 1.72 bits per heavy atom. The van der Waals surface area contributed by atoms with Gasteiger partial charge in [0.25, 0.3) is 5.91 Å². The van der Waals surface area contributed by atoms with Gasteiger partial charge in [-0.3, -0.25) is 14.9 Å². The van der Waals surface area contributed by atoms with E-state index in [-0.39, 0.29) is 17.1 Å². The van der Waals surface area contributed by atoms with Gasteiger partial charge in [0.2, 0.25) is 0 Å². The minimum Gasteiger partial charge on any atom is -0.469 e. The van der Waals surface area contributed by atoms with Gasteiger partial charge in [-0.15, -0.1) is 11.3 Å². The Balaban J connectivity index is 1.85. The van der Waals surface area contributed by atoms with E-state index in [0.717, 1.165) is 41.2 Å². The maximum absolute atomic E-state index is 12.7. The maximum Gasteiger partial charge on any atom is 0.416 e. The van der Waals surface area contributed by atoms with Gasteiger partial charge in [-0.2, -0.15) is 13.2 Å². The van der Waals surface area contributed by atoms with Gasteiger partial charge in [-0.1, -0.05) is 30.3 Å². The molecule has 0 spiro atoms. The summed E-state index contributed by atoms with van der Waals surface area (Å²) in [5.74, 6) is -1.05. The van der Waals surface area contributed by atoms with Crippen LogP contribution in [0.15, 0.2) is 54.6 Å². The van der Waals surface area contributed by atoms with Crippen molar-refractivity contribution in [2.75, 3.05) is 12.4 Å². The number of hydrogen-bond donors (Lipinski definition) is 1. The number of ether oxygens (including phenoxy) is 1. The summed E-state index contributed by atoms with van der Waals surface area (Å²) in [5.41, 5.74) is 0.514. The third-order valence-electron chi connectivity index (χ3n) is 3.97. The van der Waals surface area contributed by atoms with E-state index in [1.54, 1.807) is 0 Å². The lowest BCUT2D eigenvalue weighted by Crippen LogP contribution is -2.12. The van der Waals surface area contributed by atoms with Crippen molar-refractivity contribution in [2.45, 2.75) is 12.6 Å². The number of hydrogen-bond acceptors (Lipinski definition) is 5. The first-order valence-electron chi connectivity index (χ1n) is 8.38. The quantitative estimate of drug-likeness (QED) is 0.603. The van der Waals surface area contributed by atoms with Crippen LogP contribution in [-0.2, 0) is 22.1 Å². The van der Waals surface area contributed by atoms with Crippen molar-refractivity contribution in [3.05, 3.63) is 70.6 Å². The lowest BCUT2D eigenvalue weighted by Gasteiger charge is -2.07.